The first-order valence-corrected chi connectivity index (χ1v) is 10.8. The summed E-state index contributed by atoms with van der Waals surface area (Å²) >= 11 is 0. The Morgan fingerprint density at radius 2 is 1.83 bits per heavy atom. The summed E-state index contributed by atoms with van der Waals surface area (Å²) in [4.78, 5) is 12.7. The third-order valence-corrected chi connectivity index (χ3v) is 5.52. The van der Waals surface area contributed by atoms with Crippen molar-refractivity contribution in [2.24, 2.45) is 0 Å². The van der Waals surface area contributed by atoms with E-state index in [0.29, 0.717) is 22.7 Å². The topological polar surface area (TPSA) is 84.9 Å². The van der Waals surface area contributed by atoms with Crippen LogP contribution in [0.5, 0.6) is 11.5 Å². The summed E-state index contributed by atoms with van der Waals surface area (Å²) in [5, 5.41) is 2.92. The molecule has 1 N–H and O–H groups in total. The maximum Gasteiger partial charge on any atom is 0.251 e. The third kappa shape index (κ3) is 5.51. The van der Waals surface area contributed by atoms with E-state index in [1.807, 2.05) is 13.0 Å². The van der Waals surface area contributed by atoms with Gasteiger partial charge in [0.25, 0.3) is 5.91 Å². The van der Waals surface area contributed by atoms with E-state index in [4.69, 9.17) is 9.47 Å². The Kier molecular flexibility index (Phi) is 7.28. The number of benzene rings is 2. The van der Waals surface area contributed by atoms with Crippen molar-refractivity contribution in [2.45, 2.75) is 13.0 Å². The number of carbonyl (C=O) groups is 1. The third-order valence-electron chi connectivity index (χ3n) is 4.36. The molecule has 7 nitrogen and oxygen atoms in total. The molecule has 1 atom stereocenters. The predicted octanol–water partition coefficient (Wildman–Crippen LogP) is 3.15. The molecule has 0 saturated heterocycles. The zero-order valence-corrected chi connectivity index (χ0v) is 17.8. The van der Waals surface area contributed by atoms with Crippen LogP contribution in [0, 0.1) is 0 Å². The fourth-order valence-electron chi connectivity index (χ4n) is 2.86. The molecule has 0 aliphatic rings. The van der Waals surface area contributed by atoms with Gasteiger partial charge >= 0.3 is 0 Å². The molecule has 156 valence electrons. The minimum atomic E-state index is -3.45. The molecular formula is C21H26N2O5S. The average molecular weight is 419 g/mol. The van der Waals surface area contributed by atoms with Gasteiger partial charge in [0.15, 0.2) is 0 Å². The second-order valence-electron chi connectivity index (χ2n) is 6.43. The Morgan fingerprint density at radius 3 is 2.34 bits per heavy atom. The van der Waals surface area contributed by atoms with Crippen LogP contribution in [-0.2, 0) is 10.0 Å². The quantitative estimate of drug-likeness (QED) is 0.633. The van der Waals surface area contributed by atoms with Gasteiger partial charge in [0, 0.05) is 11.1 Å². The van der Waals surface area contributed by atoms with E-state index >= 15 is 0 Å². The largest absolute Gasteiger partial charge is 0.497 e. The number of nitrogens with one attached hydrogen (secondary N) is 1. The van der Waals surface area contributed by atoms with Crippen molar-refractivity contribution in [3.63, 3.8) is 0 Å². The van der Waals surface area contributed by atoms with Gasteiger partial charge in [-0.15, -0.1) is 6.58 Å². The number of ether oxygens (including phenoxy) is 2. The van der Waals surface area contributed by atoms with Crippen molar-refractivity contribution in [3.8, 4) is 11.5 Å². The number of sulfonamides is 1. The smallest absolute Gasteiger partial charge is 0.251 e. The molecule has 2 aromatic rings. The lowest BCUT2D eigenvalue weighted by molar-refractivity contribution is 0.0939. The molecule has 0 aromatic heterocycles. The van der Waals surface area contributed by atoms with Crippen molar-refractivity contribution < 1.29 is 22.7 Å². The molecule has 2 rings (SSSR count). The number of nitrogens with zero attached hydrogens (tertiary/aromatic N) is 1. The molecule has 1 amide bonds. The van der Waals surface area contributed by atoms with Crippen molar-refractivity contribution in [1.29, 1.82) is 0 Å². The van der Waals surface area contributed by atoms with Crippen LogP contribution in [0.3, 0.4) is 0 Å². The fourth-order valence-corrected chi connectivity index (χ4v) is 3.74. The molecule has 0 radical (unpaired) electrons. The summed E-state index contributed by atoms with van der Waals surface area (Å²) in [5.74, 6) is 1.01. The molecule has 29 heavy (non-hydrogen) atoms. The van der Waals surface area contributed by atoms with Gasteiger partial charge in [-0.05, 0) is 49.4 Å². The first-order chi connectivity index (χ1) is 13.7. The molecule has 0 unspecified atom stereocenters. The Balaban J connectivity index is 2.20. The van der Waals surface area contributed by atoms with Gasteiger partial charge in [-0.1, -0.05) is 6.08 Å². The van der Waals surface area contributed by atoms with E-state index in [2.05, 4.69) is 11.9 Å². The maximum atomic E-state index is 12.7. The Labute approximate surface area is 172 Å². The van der Waals surface area contributed by atoms with Gasteiger partial charge in [0.1, 0.15) is 11.5 Å². The Morgan fingerprint density at radius 1 is 1.17 bits per heavy atom. The molecule has 0 aliphatic heterocycles. The number of anilines is 1. The van der Waals surface area contributed by atoms with Crippen LogP contribution in [0.25, 0.3) is 0 Å². The predicted molar refractivity (Wildman–Crippen MR) is 114 cm³/mol. The van der Waals surface area contributed by atoms with E-state index in [-0.39, 0.29) is 18.5 Å². The zero-order chi connectivity index (χ0) is 21.6. The summed E-state index contributed by atoms with van der Waals surface area (Å²) in [6.07, 6.45) is 2.63. The van der Waals surface area contributed by atoms with E-state index in [0.717, 1.165) is 11.8 Å². The molecule has 0 heterocycles. The van der Waals surface area contributed by atoms with Crippen LogP contribution >= 0.6 is 0 Å². The van der Waals surface area contributed by atoms with E-state index in [9.17, 15) is 13.2 Å². The lowest BCUT2D eigenvalue weighted by Crippen LogP contribution is -2.30. The number of hydrogen-bond donors (Lipinski definition) is 1. The minimum Gasteiger partial charge on any atom is -0.497 e. The number of amides is 1. The first-order valence-electron chi connectivity index (χ1n) is 8.92. The van der Waals surface area contributed by atoms with Gasteiger partial charge in [0.2, 0.25) is 10.0 Å². The summed E-state index contributed by atoms with van der Waals surface area (Å²) in [6.45, 7) is 5.58. The summed E-state index contributed by atoms with van der Waals surface area (Å²) < 4.78 is 35.7. The molecular weight excluding hydrogens is 392 g/mol. The lowest BCUT2D eigenvalue weighted by Gasteiger charge is -2.21. The number of methoxy groups -OCH3 is 2. The highest BCUT2D eigenvalue weighted by atomic mass is 32.2. The highest BCUT2D eigenvalue weighted by Crippen LogP contribution is 2.29. The minimum absolute atomic E-state index is 0.150. The van der Waals surface area contributed by atoms with E-state index < -0.39 is 10.0 Å². The molecule has 0 aliphatic carbocycles. The summed E-state index contributed by atoms with van der Waals surface area (Å²) in [7, 11) is -0.310. The number of carbonyl (C=O) groups excluding carboxylic acids is 1. The molecule has 8 heteroatoms. The molecule has 0 bridgehead atoms. The van der Waals surface area contributed by atoms with Gasteiger partial charge in [0.05, 0.1) is 38.7 Å². The van der Waals surface area contributed by atoms with Gasteiger partial charge in [-0.2, -0.15) is 0 Å². The second-order valence-corrected chi connectivity index (χ2v) is 8.34. The monoisotopic (exact) mass is 418 g/mol. The fraction of sp³-hybridized carbons (Fsp3) is 0.286. The van der Waals surface area contributed by atoms with Crippen molar-refractivity contribution in [3.05, 3.63) is 66.2 Å². The van der Waals surface area contributed by atoms with Crippen LogP contribution in [0.4, 0.5) is 5.69 Å². The van der Waals surface area contributed by atoms with Crippen LogP contribution in [0.15, 0.2) is 55.1 Å². The molecule has 2 aromatic carbocycles. The number of rotatable bonds is 9. The summed E-state index contributed by atoms with van der Waals surface area (Å²) in [6, 6.07) is 11.4. The molecule has 0 saturated carbocycles. The average Bonchev–Trinajstić information content (AvgIpc) is 2.70. The standard InChI is InChI=1S/C21H26N2O5S/c1-6-13-23(29(5,25)26)17-9-7-16(8-10-17)21(24)22-15(2)19-14-18(27-3)11-12-20(19)28-4/h6-12,14-15H,1,13H2,2-5H3,(H,22,24)/t15-/m0/s1. The van der Waals surface area contributed by atoms with Crippen molar-refractivity contribution in [2.75, 3.05) is 31.3 Å². The normalized spacial score (nSPS) is 12.0. The zero-order valence-electron chi connectivity index (χ0n) is 17.0. The maximum absolute atomic E-state index is 12.7. The highest BCUT2D eigenvalue weighted by Gasteiger charge is 2.18. The van der Waals surface area contributed by atoms with Crippen LogP contribution in [0.2, 0.25) is 0 Å². The van der Waals surface area contributed by atoms with Gasteiger partial charge < -0.3 is 14.8 Å². The van der Waals surface area contributed by atoms with E-state index in [1.165, 1.54) is 10.4 Å². The molecule has 0 fully saturated rings. The van der Waals surface area contributed by atoms with Crippen LogP contribution in [0.1, 0.15) is 28.9 Å². The van der Waals surface area contributed by atoms with E-state index in [1.54, 1.807) is 50.6 Å². The Hall–Kier alpha value is -3.00. The SMILES string of the molecule is C=CCN(c1ccc(C(=O)N[C@@H](C)c2cc(OC)ccc2OC)cc1)S(C)(=O)=O. The van der Waals surface area contributed by atoms with Crippen molar-refractivity contribution >= 4 is 21.6 Å². The van der Waals surface area contributed by atoms with Gasteiger partial charge in [-0.3, -0.25) is 9.10 Å². The molecule has 0 spiro atoms. The lowest BCUT2D eigenvalue weighted by atomic mass is 10.1. The highest BCUT2D eigenvalue weighted by molar-refractivity contribution is 7.92. The van der Waals surface area contributed by atoms with Crippen molar-refractivity contribution in [1.82, 2.24) is 5.32 Å². The first kappa shape index (κ1) is 22.3. The number of hydrogen-bond acceptors (Lipinski definition) is 5. The van der Waals surface area contributed by atoms with Crippen LogP contribution < -0.4 is 19.1 Å². The van der Waals surface area contributed by atoms with Crippen LogP contribution in [-0.4, -0.2) is 41.3 Å². The Bertz CT molecular complexity index is 971. The van der Waals surface area contributed by atoms with Gasteiger partial charge in [-0.25, -0.2) is 8.42 Å². The summed E-state index contributed by atoms with van der Waals surface area (Å²) in [5.41, 5.74) is 1.66. The second kappa shape index (κ2) is 9.47.